The summed E-state index contributed by atoms with van der Waals surface area (Å²) in [5.41, 5.74) is 5.77. The predicted molar refractivity (Wildman–Crippen MR) is 115 cm³/mol. The first-order valence-electron chi connectivity index (χ1n) is 10.0. The predicted octanol–water partition coefficient (Wildman–Crippen LogP) is 2.77. The monoisotopic (exact) mass is 403 g/mol. The van der Waals surface area contributed by atoms with E-state index in [0.29, 0.717) is 13.1 Å². The fourth-order valence-corrected chi connectivity index (χ4v) is 3.74. The van der Waals surface area contributed by atoms with Crippen molar-refractivity contribution in [1.82, 2.24) is 20.1 Å². The molecule has 1 saturated heterocycles. The van der Waals surface area contributed by atoms with Crippen LogP contribution < -0.4 is 10.2 Å². The van der Waals surface area contributed by atoms with Crippen molar-refractivity contribution in [2.24, 2.45) is 13.0 Å². The lowest BCUT2D eigenvalue weighted by molar-refractivity contribution is -0.126. The standard InChI is InChI=1S/C23H25N5O2/c1-15-6-7-20(9-16(15)2)28-14-18(10-21(28)29)23(30)25-11-17-5-4-8-24-22(17)19-12-26-27(3)13-19/h4-9,12-13,18H,10-11,14H2,1-3H3,(H,25,30). The molecule has 7 nitrogen and oxygen atoms in total. The number of pyridine rings is 1. The third-order valence-electron chi connectivity index (χ3n) is 5.62. The summed E-state index contributed by atoms with van der Waals surface area (Å²) in [5, 5.41) is 7.18. The molecule has 1 unspecified atom stereocenters. The van der Waals surface area contributed by atoms with E-state index in [2.05, 4.69) is 15.4 Å². The number of anilines is 1. The normalized spacial score (nSPS) is 16.2. The Hall–Kier alpha value is -3.48. The number of aryl methyl sites for hydroxylation is 3. The average Bonchev–Trinajstić information content (AvgIpc) is 3.34. The fourth-order valence-electron chi connectivity index (χ4n) is 3.74. The molecule has 0 radical (unpaired) electrons. The highest BCUT2D eigenvalue weighted by atomic mass is 16.2. The van der Waals surface area contributed by atoms with Crippen LogP contribution in [0.25, 0.3) is 11.3 Å². The van der Waals surface area contributed by atoms with Crippen molar-refractivity contribution in [3.8, 4) is 11.3 Å². The molecule has 2 aromatic heterocycles. The van der Waals surface area contributed by atoms with Crippen LogP contribution in [0.4, 0.5) is 5.69 Å². The van der Waals surface area contributed by atoms with E-state index in [1.54, 1.807) is 22.0 Å². The molecule has 30 heavy (non-hydrogen) atoms. The summed E-state index contributed by atoms with van der Waals surface area (Å²) in [5.74, 6) is -0.496. The van der Waals surface area contributed by atoms with Gasteiger partial charge in [0.25, 0.3) is 0 Å². The molecule has 0 saturated carbocycles. The second-order valence-corrected chi connectivity index (χ2v) is 7.81. The van der Waals surface area contributed by atoms with Crippen molar-refractivity contribution in [3.05, 3.63) is 65.6 Å². The van der Waals surface area contributed by atoms with Gasteiger partial charge in [-0.15, -0.1) is 0 Å². The summed E-state index contributed by atoms with van der Waals surface area (Å²) in [4.78, 5) is 31.5. The summed E-state index contributed by atoms with van der Waals surface area (Å²) in [6, 6.07) is 9.74. The van der Waals surface area contributed by atoms with Gasteiger partial charge in [-0.3, -0.25) is 19.3 Å². The van der Waals surface area contributed by atoms with Crippen LogP contribution in [0.2, 0.25) is 0 Å². The van der Waals surface area contributed by atoms with E-state index in [1.807, 2.05) is 57.4 Å². The average molecular weight is 403 g/mol. The maximum absolute atomic E-state index is 12.8. The summed E-state index contributed by atoms with van der Waals surface area (Å²) in [6.07, 6.45) is 5.60. The van der Waals surface area contributed by atoms with Gasteiger partial charge in [-0.25, -0.2) is 0 Å². The number of hydrogen-bond donors (Lipinski definition) is 1. The molecule has 3 heterocycles. The first kappa shape index (κ1) is 19.8. The van der Waals surface area contributed by atoms with Crippen molar-refractivity contribution < 1.29 is 9.59 Å². The Bertz CT molecular complexity index is 1100. The van der Waals surface area contributed by atoms with E-state index < -0.39 is 0 Å². The number of nitrogens with zero attached hydrogens (tertiary/aromatic N) is 4. The Morgan fingerprint density at radius 3 is 2.80 bits per heavy atom. The molecular weight excluding hydrogens is 378 g/mol. The highest BCUT2D eigenvalue weighted by Crippen LogP contribution is 2.27. The molecule has 1 aliphatic heterocycles. The van der Waals surface area contributed by atoms with Crippen LogP contribution in [0.5, 0.6) is 0 Å². The molecule has 7 heteroatoms. The molecule has 1 aromatic carbocycles. The second-order valence-electron chi connectivity index (χ2n) is 7.81. The van der Waals surface area contributed by atoms with Crippen LogP contribution in [0.3, 0.4) is 0 Å². The van der Waals surface area contributed by atoms with Gasteiger partial charge in [0.1, 0.15) is 0 Å². The molecule has 1 fully saturated rings. The summed E-state index contributed by atoms with van der Waals surface area (Å²) in [6.45, 7) is 4.82. The smallest absolute Gasteiger partial charge is 0.227 e. The summed E-state index contributed by atoms with van der Waals surface area (Å²) < 4.78 is 1.72. The largest absolute Gasteiger partial charge is 0.352 e. The lowest BCUT2D eigenvalue weighted by Crippen LogP contribution is -2.32. The topological polar surface area (TPSA) is 80.1 Å². The zero-order valence-electron chi connectivity index (χ0n) is 17.4. The molecule has 154 valence electrons. The van der Waals surface area contributed by atoms with Gasteiger partial charge in [0, 0.05) is 50.2 Å². The first-order valence-corrected chi connectivity index (χ1v) is 10.0. The Labute approximate surface area is 175 Å². The zero-order valence-corrected chi connectivity index (χ0v) is 17.4. The van der Waals surface area contributed by atoms with Crippen molar-refractivity contribution in [2.75, 3.05) is 11.4 Å². The summed E-state index contributed by atoms with van der Waals surface area (Å²) >= 11 is 0. The molecule has 0 bridgehead atoms. The maximum atomic E-state index is 12.8. The van der Waals surface area contributed by atoms with Crippen LogP contribution in [0.1, 0.15) is 23.1 Å². The third-order valence-corrected chi connectivity index (χ3v) is 5.62. The van der Waals surface area contributed by atoms with Gasteiger partial charge < -0.3 is 10.2 Å². The van der Waals surface area contributed by atoms with Crippen molar-refractivity contribution in [3.63, 3.8) is 0 Å². The van der Waals surface area contributed by atoms with E-state index in [1.165, 1.54) is 5.56 Å². The summed E-state index contributed by atoms with van der Waals surface area (Å²) in [7, 11) is 1.85. The van der Waals surface area contributed by atoms with Crippen molar-refractivity contribution in [2.45, 2.75) is 26.8 Å². The minimum atomic E-state index is -0.363. The highest BCUT2D eigenvalue weighted by molar-refractivity contribution is 6.00. The number of nitrogens with one attached hydrogen (secondary N) is 1. The molecule has 3 aromatic rings. The maximum Gasteiger partial charge on any atom is 0.227 e. The Morgan fingerprint density at radius 1 is 1.23 bits per heavy atom. The number of hydrogen-bond acceptors (Lipinski definition) is 4. The van der Waals surface area contributed by atoms with Gasteiger partial charge in [-0.1, -0.05) is 12.1 Å². The van der Waals surface area contributed by atoms with Gasteiger partial charge in [0.2, 0.25) is 11.8 Å². The van der Waals surface area contributed by atoms with Gasteiger partial charge in [-0.2, -0.15) is 5.10 Å². The van der Waals surface area contributed by atoms with E-state index >= 15 is 0 Å². The minimum absolute atomic E-state index is 0.0178. The number of benzene rings is 1. The minimum Gasteiger partial charge on any atom is -0.352 e. The quantitative estimate of drug-likeness (QED) is 0.710. The van der Waals surface area contributed by atoms with E-state index in [-0.39, 0.29) is 24.2 Å². The Morgan fingerprint density at radius 2 is 2.07 bits per heavy atom. The van der Waals surface area contributed by atoms with Crippen molar-refractivity contribution in [1.29, 1.82) is 0 Å². The molecular formula is C23H25N5O2. The van der Waals surface area contributed by atoms with Gasteiger partial charge in [0.15, 0.2) is 0 Å². The second kappa shape index (κ2) is 8.10. The van der Waals surface area contributed by atoms with E-state index in [0.717, 1.165) is 28.1 Å². The molecule has 1 N–H and O–H groups in total. The zero-order chi connectivity index (χ0) is 21.3. The molecule has 0 aliphatic carbocycles. The lowest BCUT2D eigenvalue weighted by Gasteiger charge is -2.18. The number of carbonyl (C=O) groups is 2. The van der Waals surface area contributed by atoms with Crippen LogP contribution in [-0.2, 0) is 23.2 Å². The van der Waals surface area contributed by atoms with E-state index in [9.17, 15) is 9.59 Å². The van der Waals surface area contributed by atoms with Gasteiger partial charge in [0.05, 0.1) is 17.8 Å². The molecule has 2 amide bonds. The Balaban J connectivity index is 1.43. The number of aromatic nitrogens is 3. The SMILES string of the molecule is Cc1ccc(N2CC(C(=O)NCc3cccnc3-c3cnn(C)c3)CC2=O)cc1C. The number of amides is 2. The third kappa shape index (κ3) is 3.96. The first-order chi connectivity index (χ1) is 14.4. The highest BCUT2D eigenvalue weighted by Gasteiger charge is 2.35. The molecule has 1 atom stereocenters. The Kier molecular flexibility index (Phi) is 5.35. The van der Waals surface area contributed by atoms with Crippen molar-refractivity contribution >= 4 is 17.5 Å². The molecule has 1 aliphatic rings. The van der Waals surface area contributed by atoms with E-state index in [4.69, 9.17) is 0 Å². The molecule has 0 spiro atoms. The molecule has 4 rings (SSSR count). The van der Waals surface area contributed by atoms with Gasteiger partial charge >= 0.3 is 0 Å². The van der Waals surface area contributed by atoms with Crippen LogP contribution >= 0.6 is 0 Å². The number of carbonyl (C=O) groups excluding carboxylic acids is 2. The number of rotatable bonds is 5. The van der Waals surface area contributed by atoms with Gasteiger partial charge in [-0.05, 0) is 48.7 Å². The van der Waals surface area contributed by atoms with Crippen LogP contribution in [0.15, 0.2) is 48.9 Å². The van der Waals surface area contributed by atoms with Crippen LogP contribution in [-0.4, -0.2) is 33.1 Å². The van der Waals surface area contributed by atoms with Crippen LogP contribution in [0, 0.1) is 19.8 Å². The fraction of sp³-hybridized carbons (Fsp3) is 0.304. The lowest BCUT2D eigenvalue weighted by atomic mass is 10.1.